The summed E-state index contributed by atoms with van der Waals surface area (Å²) < 4.78 is 29.7. The van der Waals surface area contributed by atoms with Crippen LogP contribution >= 0.6 is 0 Å². The monoisotopic (exact) mass is 587 g/mol. The van der Waals surface area contributed by atoms with Crippen LogP contribution in [0.5, 0.6) is 0 Å². The van der Waals surface area contributed by atoms with Crippen molar-refractivity contribution in [1.29, 1.82) is 0 Å². The van der Waals surface area contributed by atoms with Crippen molar-refractivity contribution in [1.82, 2.24) is 23.4 Å². The number of pyridine rings is 1. The summed E-state index contributed by atoms with van der Waals surface area (Å²) in [6.07, 6.45) is 0.698. The van der Waals surface area contributed by atoms with Crippen LogP contribution in [0.15, 0.2) is 89.7 Å². The second-order valence-corrected chi connectivity index (χ2v) is 12.8. The van der Waals surface area contributed by atoms with E-state index < -0.39 is 10.2 Å². The van der Waals surface area contributed by atoms with E-state index in [2.05, 4.69) is 10.2 Å². The van der Waals surface area contributed by atoms with Crippen molar-refractivity contribution in [3.8, 4) is 5.69 Å². The van der Waals surface area contributed by atoms with E-state index in [9.17, 15) is 18.0 Å². The van der Waals surface area contributed by atoms with Gasteiger partial charge < -0.3 is 5.32 Å². The average Bonchev–Trinajstić information content (AvgIpc) is 3.01. The van der Waals surface area contributed by atoms with Crippen LogP contribution in [-0.4, -0.2) is 72.7 Å². The molecule has 0 radical (unpaired) electrons. The van der Waals surface area contributed by atoms with Crippen LogP contribution in [0.2, 0.25) is 0 Å². The molecule has 5 rings (SSSR count). The van der Waals surface area contributed by atoms with Crippen molar-refractivity contribution in [2.45, 2.75) is 25.9 Å². The number of benzene rings is 3. The van der Waals surface area contributed by atoms with Gasteiger partial charge in [0.15, 0.2) is 0 Å². The number of nitrogens with one attached hydrogen (secondary N) is 1. The molecule has 3 aromatic carbocycles. The fourth-order valence-electron chi connectivity index (χ4n) is 5.55. The number of piperazine rings is 1. The molecule has 1 aliphatic rings. The minimum absolute atomic E-state index is 0.202. The Kier molecular flexibility index (Phi) is 8.88. The van der Waals surface area contributed by atoms with Gasteiger partial charge in [0.2, 0.25) is 0 Å². The normalized spacial score (nSPS) is 15.6. The molecule has 42 heavy (non-hydrogen) atoms. The molecule has 1 amide bonds. The topological polar surface area (TPSA) is 95.0 Å². The van der Waals surface area contributed by atoms with Crippen molar-refractivity contribution in [3.05, 3.63) is 112 Å². The van der Waals surface area contributed by atoms with Crippen molar-refractivity contribution in [2.24, 2.45) is 0 Å². The molecule has 1 aromatic heterocycles. The first-order valence-electron chi connectivity index (χ1n) is 14.2. The molecule has 0 unspecified atom stereocenters. The summed E-state index contributed by atoms with van der Waals surface area (Å²) >= 11 is 0. The lowest BCUT2D eigenvalue weighted by atomic mass is 9.99. The first-order valence-corrected chi connectivity index (χ1v) is 15.6. The number of hydrogen-bond donors (Lipinski definition) is 1. The summed E-state index contributed by atoms with van der Waals surface area (Å²) in [4.78, 5) is 30.4. The fraction of sp³-hybridized carbons (Fsp3) is 0.312. The predicted octanol–water partition coefficient (Wildman–Crippen LogP) is 3.80. The number of carbonyl (C=O) groups is 1. The molecule has 1 fully saturated rings. The van der Waals surface area contributed by atoms with Crippen LogP contribution in [0.4, 0.5) is 0 Å². The van der Waals surface area contributed by atoms with Crippen molar-refractivity contribution in [2.75, 3.05) is 40.3 Å². The molecule has 0 spiro atoms. The number of fused-ring (bicyclic) bond motifs is 1. The number of rotatable bonds is 9. The zero-order chi connectivity index (χ0) is 29.9. The molecule has 1 N–H and O–H groups in total. The quantitative estimate of drug-likeness (QED) is 0.322. The van der Waals surface area contributed by atoms with Crippen molar-refractivity contribution < 1.29 is 13.2 Å². The van der Waals surface area contributed by atoms with Gasteiger partial charge in [-0.2, -0.15) is 17.0 Å². The molecule has 10 heteroatoms. The lowest BCUT2D eigenvalue weighted by Crippen LogP contribution is -2.51. The molecular weight excluding hydrogens is 550 g/mol. The Morgan fingerprint density at radius 1 is 0.857 bits per heavy atom. The van der Waals surface area contributed by atoms with E-state index in [4.69, 9.17) is 0 Å². The Labute approximate surface area is 247 Å². The minimum Gasteiger partial charge on any atom is -0.345 e. The van der Waals surface area contributed by atoms with E-state index in [1.165, 1.54) is 22.7 Å². The van der Waals surface area contributed by atoms with Gasteiger partial charge in [0.25, 0.3) is 21.7 Å². The second-order valence-electron chi connectivity index (χ2n) is 10.7. The number of nitrogens with zero attached hydrogens (tertiary/aromatic N) is 4. The zero-order valence-electron chi connectivity index (χ0n) is 24.2. The SMILES string of the molecule is CC[C@H](NC(=O)c1c(CN2CCN(S(=O)(=O)N(C)C)CC2)n(-c2ccccc2)c(=O)c2ccccc12)c1ccccc1. The fourth-order valence-corrected chi connectivity index (χ4v) is 6.64. The Balaban J connectivity index is 1.61. The number of para-hydroxylation sites is 1. The predicted molar refractivity (Wildman–Crippen MR) is 166 cm³/mol. The van der Waals surface area contributed by atoms with Crippen LogP contribution in [0.1, 0.15) is 41.0 Å². The van der Waals surface area contributed by atoms with Gasteiger partial charge >= 0.3 is 0 Å². The van der Waals surface area contributed by atoms with E-state index in [1.54, 1.807) is 10.6 Å². The molecule has 1 aliphatic heterocycles. The van der Waals surface area contributed by atoms with Gasteiger partial charge in [-0.15, -0.1) is 0 Å². The van der Waals surface area contributed by atoms with Crippen LogP contribution in [-0.2, 0) is 16.8 Å². The van der Waals surface area contributed by atoms with Crippen molar-refractivity contribution >= 4 is 26.9 Å². The molecule has 1 saturated heterocycles. The van der Waals surface area contributed by atoms with Crippen LogP contribution in [0.25, 0.3) is 16.5 Å². The van der Waals surface area contributed by atoms with E-state index in [-0.39, 0.29) is 17.5 Å². The number of aromatic nitrogens is 1. The Morgan fingerprint density at radius 2 is 1.43 bits per heavy atom. The summed E-state index contributed by atoms with van der Waals surface area (Å²) in [6.45, 7) is 3.89. The molecule has 0 bridgehead atoms. The highest BCUT2D eigenvalue weighted by molar-refractivity contribution is 7.86. The standard InChI is InChI=1S/C32H37N5O4S/c1-4-28(24-13-7-5-8-14-24)33-31(38)30-26-17-11-12-18-27(26)32(39)37(25-15-9-6-10-16-25)29(30)23-35-19-21-36(22-20-35)42(40,41)34(2)3/h5-18,28H,4,19-23H2,1-3H3,(H,33,38)/t28-/m0/s1. The Bertz CT molecular complexity index is 1710. The third-order valence-corrected chi connectivity index (χ3v) is 9.78. The Morgan fingerprint density at radius 3 is 2.02 bits per heavy atom. The molecule has 220 valence electrons. The van der Waals surface area contributed by atoms with Gasteiger partial charge in [-0.25, -0.2) is 0 Å². The zero-order valence-corrected chi connectivity index (χ0v) is 25.0. The maximum atomic E-state index is 14.3. The highest BCUT2D eigenvalue weighted by Gasteiger charge is 2.31. The van der Waals surface area contributed by atoms with Gasteiger partial charge in [-0.3, -0.25) is 19.1 Å². The molecule has 0 aliphatic carbocycles. The molecule has 2 heterocycles. The average molecular weight is 588 g/mol. The maximum Gasteiger partial charge on any atom is 0.281 e. The number of carbonyl (C=O) groups excluding carboxylic acids is 1. The van der Waals surface area contributed by atoms with Crippen molar-refractivity contribution in [3.63, 3.8) is 0 Å². The van der Waals surface area contributed by atoms with E-state index in [1.807, 2.05) is 85.8 Å². The largest absolute Gasteiger partial charge is 0.345 e. The lowest BCUT2D eigenvalue weighted by Gasteiger charge is -2.35. The third-order valence-electron chi connectivity index (χ3n) is 7.84. The van der Waals surface area contributed by atoms with Gasteiger partial charge in [0.1, 0.15) is 0 Å². The summed E-state index contributed by atoms with van der Waals surface area (Å²) in [5.74, 6) is -0.254. The summed E-state index contributed by atoms with van der Waals surface area (Å²) in [6, 6.07) is 26.2. The summed E-state index contributed by atoms with van der Waals surface area (Å²) in [5, 5.41) is 4.30. The first kappa shape index (κ1) is 29.7. The molecule has 4 aromatic rings. The smallest absolute Gasteiger partial charge is 0.281 e. The molecule has 9 nitrogen and oxygen atoms in total. The van der Waals surface area contributed by atoms with Gasteiger partial charge in [-0.05, 0) is 30.2 Å². The molecule has 1 atom stereocenters. The molecule has 0 saturated carbocycles. The first-order chi connectivity index (χ1) is 20.2. The lowest BCUT2D eigenvalue weighted by molar-refractivity contribution is 0.0933. The van der Waals surface area contributed by atoms with Crippen LogP contribution in [0.3, 0.4) is 0 Å². The van der Waals surface area contributed by atoms with E-state index in [0.717, 1.165) is 5.56 Å². The van der Waals surface area contributed by atoms with Crippen LogP contribution < -0.4 is 10.9 Å². The van der Waals surface area contributed by atoms with Gasteiger partial charge in [0, 0.05) is 63.3 Å². The highest BCUT2D eigenvalue weighted by Crippen LogP contribution is 2.26. The van der Waals surface area contributed by atoms with E-state index in [0.29, 0.717) is 66.9 Å². The molecular formula is C32H37N5O4S. The van der Waals surface area contributed by atoms with E-state index >= 15 is 0 Å². The summed E-state index contributed by atoms with van der Waals surface area (Å²) in [5.41, 5.74) is 2.50. The van der Waals surface area contributed by atoms with Gasteiger partial charge in [-0.1, -0.05) is 73.7 Å². The maximum absolute atomic E-state index is 14.3. The number of amides is 1. The summed E-state index contributed by atoms with van der Waals surface area (Å²) in [7, 11) is -0.473. The Hall–Kier alpha value is -3.83. The minimum atomic E-state index is -3.53. The highest BCUT2D eigenvalue weighted by atomic mass is 32.2. The number of hydrogen-bond acceptors (Lipinski definition) is 5. The van der Waals surface area contributed by atoms with Crippen LogP contribution in [0, 0.1) is 0 Å². The third kappa shape index (κ3) is 5.89. The van der Waals surface area contributed by atoms with Gasteiger partial charge in [0.05, 0.1) is 17.3 Å². The second kappa shape index (κ2) is 12.6.